The number of carbonyl (C=O) groups excluding carboxylic acids is 2. The van der Waals surface area contributed by atoms with Crippen LogP contribution in [0, 0.1) is 0 Å². The molecule has 0 radical (unpaired) electrons. The Morgan fingerprint density at radius 1 is 0.778 bits per heavy atom. The Hall–Kier alpha value is -2.28. The van der Waals surface area contributed by atoms with E-state index in [1.165, 1.54) is 0 Å². The summed E-state index contributed by atoms with van der Waals surface area (Å²) in [6.07, 6.45) is -8.56. The highest BCUT2D eigenvalue weighted by molar-refractivity contribution is 5.85. The second-order valence-electron chi connectivity index (χ2n) is 5.64. The number of hydrogen-bond acceptors (Lipinski definition) is 10. The summed E-state index contributed by atoms with van der Waals surface area (Å²) in [6, 6.07) is 0. The molecule has 0 aliphatic carbocycles. The van der Waals surface area contributed by atoms with Crippen LogP contribution in [0.3, 0.4) is 0 Å². The number of rotatable bonds is 13. The molecule has 0 amide bonds. The van der Waals surface area contributed by atoms with Gasteiger partial charge in [-0.15, -0.1) is 0 Å². The lowest BCUT2D eigenvalue weighted by molar-refractivity contribution is -0.181. The van der Waals surface area contributed by atoms with E-state index < -0.39 is 61.0 Å². The summed E-state index contributed by atoms with van der Waals surface area (Å²) >= 11 is 0. The minimum atomic E-state index is -2.41. The molecular weight excluding hydrogens is 372 g/mol. The second kappa shape index (κ2) is 12.2. The normalized spacial score (nSPS) is 16.5. The lowest BCUT2D eigenvalue weighted by Crippen LogP contribution is -2.43. The third-order valence-corrected chi connectivity index (χ3v) is 3.41. The van der Waals surface area contributed by atoms with Crippen molar-refractivity contribution in [3.05, 3.63) is 0 Å². The van der Waals surface area contributed by atoms with Gasteiger partial charge in [0.1, 0.15) is 12.7 Å². The van der Waals surface area contributed by atoms with Crippen LogP contribution in [0.4, 0.5) is 0 Å². The Bertz CT molecular complexity index is 519. The average molecular weight is 396 g/mol. The highest BCUT2D eigenvalue weighted by Crippen LogP contribution is 2.11. The number of carboxylic acid groups (broad SMARTS) is 2. The third kappa shape index (κ3) is 8.77. The van der Waals surface area contributed by atoms with Crippen molar-refractivity contribution in [1.82, 2.24) is 0 Å². The molecule has 27 heavy (non-hydrogen) atoms. The van der Waals surface area contributed by atoms with Crippen molar-refractivity contribution in [2.24, 2.45) is 0 Å². The van der Waals surface area contributed by atoms with Gasteiger partial charge in [0.05, 0.1) is 0 Å². The van der Waals surface area contributed by atoms with Crippen LogP contribution in [0.5, 0.6) is 0 Å². The molecule has 12 nitrogen and oxygen atoms in total. The van der Waals surface area contributed by atoms with Crippen LogP contribution in [0.1, 0.15) is 32.6 Å². The number of carbonyl (C=O) groups is 4. The number of aliphatic hydroxyl groups excluding tert-OH is 4. The van der Waals surface area contributed by atoms with E-state index in [2.05, 4.69) is 4.74 Å². The molecule has 156 valence electrons. The molecule has 0 rings (SSSR count). The summed E-state index contributed by atoms with van der Waals surface area (Å²) in [7, 11) is 0. The number of aliphatic carboxylic acids is 2. The molecule has 5 atom stereocenters. The minimum Gasteiger partial charge on any atom is -0.479 e. The van der Waals surface area contributed by atoms with Gasteiger partial charge in [0.15, 0.2) is 24.4 Å². The maximum Gasteiger partial charge on any atom is 0.338 e. The SMILES string of the molecule is CCCCCC(COC(=O)C(O)C(O)C(=O)O)OC(=O)C(O)C(O)C(=O)O. The van der Waals surface area contributed by atoms with Crippen molar-refractivity contribution < 1.29 is 59.3 Å². The van der Waals surface area contributed by atoms with Gasteiger partial charge in [0.25, 0.3) is 0 Å². The van der Waals surface area contributed by atoms with E-state index in [1.54, 1.807) is 0 Å². The first-order valence-electron chi connectivity index (χ1n) is 8.07. The van der Waals surface area contributed by atoms with Crippen LogP contribution in [0.2, 0.25) is 0 Å². The first kappa shape index (κ1) is 24.7. The van der Waals surface area contributed by atoms with Gasteiger partial charge in [-0.25, -0.2) is 19.2 Å². The highest BCUT2D eigenvalue weighted by atomic mass is 16.6. The van der Waals surface area contributed by atoms with Crippen molar-refractivity contribution in [1.29, 1.82) is 0 Å². The van der Waals surface area contributed by atoms with Crippen molar-refractivity contribution in [3.8, 4) is 0 Å². The molecule has 6 N–H and O–H groups in total. The van der Waals surface area contributed by atoms with Gasteiger partial charge in [-0.2, -0.15) is 0 Å². The van der Waals surface area contributed by atoms with Crippen molar-refractivity contribution >= 4 is 23.9 Å². The summed E-state index contributed by atoms with van der Waals surface area (Å²) in [5, 5.41) is 54.1. The zero-order chi connectivity index (χ0) is 21.1. The van der Waals surface area contributed by atoms with E-state index in [1.807, 2.05) is 6.92 Å². The van der Waals surface area contributed by atoms with Crippen molar-refractivity contribution in [2.45, 2.75) is 63.1 Å². The maximum atomic E-state index is 11.7. The monoisotopic (exact) mass is 396 g/mol. The van der Waals surface area contributed by atoms with Crippen molar-refractivity contribution in [3.63, 3.8) is 0 Å². The number of esters is 2. The van der Waals surface area contributed by atoms with Crippen LogP contribution >= 0.6 is 0 Å². The predicted octanol–water partition coefficient (Wildman–Crippen LogP) is -2.37. The van der Waals surface area contributed by atoms with Gasteiger partial charge < -0.3 is 40.1 Å². The van der Waals surface area contributed by atoms with E-state index in [0.717, 1.165) is 6.42 Å². The van der Waals surface area contributed by atoms with E-state index in [-0.39, 0.29) is 6.42 Å². The molecule has 0 spiro atoms. The molecule has 0 bridgehead atoms. The molecular formula is C15H24O12. The molecule has 0 heterocycles. The first-order chi connectivity index (χ1) is 12.5. The molecule has 5 unspecified atom stereocenters. The van der Waals surface area contributed by atoms with E-state index in [9.17, 15) is 29.4 Å². The van der Waals surface area contributed by atoms with Gasteiger partial charge in [-0.1, -0.05) is 19.8 Å². The summed E-state index contributed by atoms with van der Waals surface area (Å²) in [5.74, 6) is -6.64. The standard InChI is InChI=1S/C15H24O12/c1-2-3-4-5-7(27-15(25)11(19)9(17)13(22)23)6-26-14(24)10(18)8(16)12(20)21/h7-11,16-19H,2-6H2,1H3,(H,20,21)(H,22,23). The zero-order valence-electron chi connectivity index (χ0n) is 14.6. The fourth-order valence-electron chi connectivity index (χ4n) is 1.82. The van der Waals surface area contributed by atoms with Gasteiger partial charge in [-0.3, -0.25) is 0 Å². The van der Waals surface area contributed by atoms with Crippen LogP contribution < -0.4 is 0 Å². The Balaban J connectivity index is 4.85. The molecule has 0 aliphatic heterocycles. The number of carboxylic acids is 2. The number of unbranched alkanes of at least 4 members (excludes halogenated alkanes) is 2. The fraction of sp³-hybridized carbons (Fsp3) is 0.733. The Morgan fingerprint density at radius 3 is 1.70 bits per heavy atom. The molecule has 12 heteroatoms. The molecule has 0 aliphatic rings. The van der Waals surface area contributed by atoms with Crippen LogP contribution in [0.15, 0.2) is 0 Å². The second-order valence-corrected chi connectivity index (χ2v) is 5.64. The van der Waals surface area contributed by atoms with Crippen molar-refractivity contribution in [2.75, 3.05) is 6.61 Å². The van der Waals surface area contributed by atoms with Gasteiger partial charge in [-0.05, 0) is 12.8 Å². The maximum absolute atomic E-state index is 11.7. The fourth-order valence-corrected chi connectivity index (χ4v) is 1.82. The number of aliphatic hydroxyl groups is 4. The molecule has 0 aromatic heterocycles. The zero-order valence-corrected chi connectivity index (χ0v) is 14.6. The summed E-state index contributed by atoms with van der Waals surface area (Å²) < 4.78 is 9.42. The number of hydrogen-bond donors (Lipinski definition) is 6. The molecule has 0 fully saturated rings. The summed E-state index contributed by atoms with van der Waals surface area (Å²) in [4.78, 5) is 44.3. The predicted molar refractivity (Wildman–Crippen MR) is 84.3 cm³/mol. The van der Waals surface area contributed by atoms with E-state index >= 15 is 0 Å². The minimum absolute atomic E-state index is 0.139. The van der Waals surface area contributed by atoms with Crippen LogP contribution in [-0.2, 0) is 28.7 Å². The van der Waals surface area contributed by atoms with Gasteiger partial charge in [0, 0.05) is 0 Å². The quantitative estimate of drug-likeness (QED) is 0.143. The van der Waals surface area contributed by atoms with E-state index in [0.29, 0.717) is 12.8 Å². The summed E-state index contributed by atoms with van der Waals surface area (Å²) in [5.41, 5.74) is 0. The summed E-state index contributed by atoms with van der Waals surface area (Å²) in [6.45, 7) is 1.24. The van der Waals surface area contributed by atoms with Gasteiger partial charge >= 0.3 is 23.9 Å². The largest absolute Gasteiger partial charge is 0.479 e. The lowest BCUT2D eigenvalue weighted by atomic mass is 10.1. The lowest BCUT2D eigenvalue weighted by Gasteiger charge is -2.21. The topological polar surface area (TPSA) is 208 Å². The van der Waals surface area contributed by atoms with Crippen LogP contribution in [0.25, 0.3) is 0 Å². The average Bonchev–Trinajstić information content (AvgIpc) is 2.62. The van der Waals surface area contributed by atoms with Crippen LogP contribution in [-0.4, -0.2) is 91.6 Å². The first-order valence-corrected chi connectivity index (χ1v) is 8.07. The van der Waals surface area contributed by atoms with E-state index in [4.69, 9.17) is 25.2 Å². The smallest absolute Gasteiger partial charge is 0.338 e. The molecule has 0 saturated heterocycles. The molecule has 0 saturated carbocycles. The number of ether oxygens (including phenoxy) is 2. The Kier molecular flexibility index (Phi) is 11.1. The highest BCUT2D eigenvalue weighted by Gasteiger charge is 2.34. The molecule has 0 aromatic carbocycles. The van der Waals surface area contributed by atoms with Gasteiger partial charge in [0.2, 0.25) is 0 Å². The Morgan fingerprint density at radius 2 is 1.26 bits per heavy atom. The third-order valence-electron chi connectivity index (χ3n) is 3.41. The molecule has 0 aromatic rings. The Labute approximate surface area is 153 Å².